The molecule has 0 aliphatic carbocycles. The van der Waals surface area contributed by atoms with Crippen molar-refractivity contribution in [2.45, 2.75) is 70.9 Å². The summed E-state index contributed by atoms with van der Waals surface area (Å²) < 4.78 is 51.6. The minimum atomic E-state index is -4.79. The predicted octanol–water partition coefficient (Wildman–Crippen LogP) is 4.83. The molecular weight excluding hydrogens is 713 g/mol. The van der Waals surface area contributed by atoms with Gasteiger partial charge in [0.25, 0.3) is 0 Å². The zero-order valence-corrected chi connectivity index (χ0v) is 30.3. The summed E-state index contributed by atoms with van der Waals surface area (Å²) in [5, 5.41) is 4.87. The minimum absolute atomic E-state index is 0.0771. The van der Waals surface area contributed by atoms with Crippen LogP contribution in [0.25, 0.3) is 33.9 Å². The van der Waals surface area contributed by atoms with Gasteiger partial charge in [-0.1, -0.05) is 31.2 Å². The van der Waals surface area contributed by atoms with Crippen molar-refractivity contribution in [2.24, 2.45) is 0 Å². The highest BCUT2D eigenvalue weighted by Crippen LogP contribution is 2.36. The number of aromatic amines is 2. The molecular formula is C35H41F3N10O6. The second-order valence-electron chi connectivity index (χ2n) is 12.6. The lowest BCUT2D eigenvalue weighted by atomic mass is 10.1. The molecule has 4 N–H and O–H groups in total. The molecule has 0 saturated carbocycles. The van der Waals surface area contributed by atoms with Gasteiger partial charge in [-0.3, -0.25) is 9.59 Å². The average molecular weight is 755 g/mol. The van der Waals surface area contributed by atoms with Crippen molar-refractivity contribution in [3.63, 3.8) is 0 Å². The van der Waals surface area contributed by atoms with Gasteiger partial charge in [0.2, 0.25) is 11.8 Å². The van der Waals surface area contributed by atoms with Crippen LogP contribution in [0.2, 0.25) is 0 Å². The Hall–Kier alpha value is -6.01. The van der Waals surface area contributed by atoms with E-state index in [0.29, 0.717) is 47.9 Å². The van der Waals surface area contributed by atoms with Crippen molar-refractivity contribution in [1.82, 2.24) is 50.3 Å². The Kier molecular flexibility index (Phi) is 12.2. The monoisotopic (exact) mass is 754 g/mol. The Morgan fingerprint density at radius 1 is 0.926 bits per heavy atom. The summed E-state index contributed by atoms with van der Waals surface area (Å²) in [4.78, 5) is 75.5. The largest absolute Gasteiger partial charge is 0.453 e. The van der Waals surface area contributed by atoms with Crippen LogP contribution in [0, 0.1) is 0 Å². The Morgan fingerprint density at radius 2 is 1.56 bits per heavy atom. The fourth-order valence-electron chi connectivity index (χ4n) is 6.12. The summed E-state index contributed by atoms with van der Waals surface area (Å²) >= 11 is 0. The molecule has 0 unspecified atom stereocenters. The van der Waals surface area contributed by atoms with Crippen LogP contribution in [0.15, 0.2) is 42.9 Å². The highest BCUT2D eigenvalue weighted by Gasteiger charge is 2.38. The number of H-pyrrole nitrogens is 2. The Morgan fingerprint density at radius 3 is 2.17 bits per heavy atom. The fourth-order valence-corrected chi connectivity index (χ4v) is 6.12. The lowest BCUT2D eigenvalue weighted by Gasteiger charge is -2.26. The van der Waals surface area contributed by atoms with Gasteiger partial charge in [-0.25, -0.2) is 29.5 Å². The molecule has 1 aliphatic heterocycles. The number of nitrogens with one attached hydrogen (secondary N) is 4. The van der Waals surface area contributed by atoms with Gasteiger partial charge in [-0.15, -0.1) is 0 Å². The summed E-state index contributed by atoms with van der Waals surface area (Å²) in [7, 11) is 2.38. The summed E-state index contributed by atoms with van der Waals surface area (Å²) in [6.07, 6.45) is 0.458. The van der Waals surface area contributed by atoms with E-state index >= 15 is 0 Å². The maximum absolute atomic E-state index is 14.2. The Bertz CT molecular complexity index is 1950. The molecule has 4 amide bonds. The third-order valence-corrected chi connectivity index (χ3v) is 8.79. The molecule has 19 heteroatoms. The van der Waals surface area contributed by atoms with Crippen LogP contribution in [0.4, 0.5) is 22.8 Å². The maximum Gasteiger partial charge on any atom is 0.435 e. The number of rotatable bonds is 12. The molecule has 1 fully saturated rings. The van der Waals surface area contributed by atoms with Crippen molar-refractivity contribution < 1.29 is 41.8 Å². The summed E-state index contributed by atoms with van der Waals surface area (Å²) in [5.74, 6) is 0.0660. The van der Waals surface area contributed by atoms with E-state index in [1.54, 1.807) is 42.5 Å². The van der Waals surface area contributed by atoms with Crippen molar-refractivity contribution in [1.29, 1.82) is 0 Å². The molecule has 0 radical (unpaired) electrons. The van der Waals surface area contributed by atoms with Crippen LogP contribution in [-0.2, 0) is 31.8 Å². The number of amides is 4. The second-order valence-corrected chi connectivity index (χ2v) is 12.6. The van der Waals surface area contributed by atoms with Crippen LogP contribution < -0.4 is 10.6 Å². The lowest BCUT2D eigenvalue weighted by Crippen LogP contribution is -2.47. The Balaban J connectivity index is 1.30. The van der Waals surface area contributed by atoms with E-state index in [1.807, 2.05) is 6.92 Å². The molecule has 288 valence electrons. The van der Waals surface area contributed by atoms with Gasteiger partial charge in [-0.2, -0.15) is 13.2 Å². The molecule has 4 heterocycles. The topological polar surface area (TPSA) is 200 Å². The summed E-state index contributed by atoms with van der Waals surface area (Å²) in [5.41, 5.74) is 0.594. The number of hydrogen-bond donors (Lipinski definition) is 4. The maximum atomic E-state index is 14.2. The van der Waals surface area contributed by atoms with E-state index in [2.05, 4.69) is 50.0 Å². The molecule has 4 aromatic rings. The highest BCUT2D eigenvalue weighted by molar-refractivity contribution is 5.86. The summed E-state index contributed by atoms with van der Waals surface area (Å²) in [6.45, 7) is 5.34. The first-order chi connectivity index (χ1) is 25.7. The quantitative estimate of drug-likeness (QED) is 0.155. The van der Waals surface area contributed by atoms with Gasteiger partial charge in [-0.05, 0) is 33.1 Å². The molecule has 0 bridgehead atoms. The highest BCUT2D eigenvalue weighted by atomic mass is 19.4. The zero-order chi connectivity index (χ0) is 39.2. The third-order valence-electron chi connectivity index (χ3n) is 8.79. The van der Waals surface area contributed by atoms with Crippen LogP contribution in [0.5, 0.6) is 0 Å². The van der Waals surface area contributed by atoms with Gasteiger partial charge in [0.1, 0.15) is 23.7 Å². The standard InChI is InChI=1S/C35H41F3N10O6/c1-6-13-47(31(49)19(2)42-33(51)53-4)18-26-45-27(28(46-26)35(36,37)38)21-9-11-22(12-10-21)29-39-15-23(16-40-29)24-17-41-30(44-24)25-8-7-14-48(25)32(50)20(3)43-34(52)54-5/h9-12,15-17,19-20,25H,6-8,13-14,18H2,1-5H3,(H,41,44)(H,42,51)(H,43,52)(H,45,46)/t19-,20-,25-/m0/s1. The molecule has 54 heavy (non-hydrogen) atoms. The van der Waals surface area contributed by atoms with E-state index < -0.39 is 42.0 Å². The smallest absolute Gasteiger partial charge is 0.435 e. The van der Waals surface area contributed by atoms with Crippen molar-refractivity contribution in [2.75, 3.05) is 27.3 Å². The molecule has 1 aromatic carbocycles. The number of carbonyl (C=O) groups is 4. The number of nitrogens with zero attached hydrogens (tertiary/aromatic N) is 6. The van der Waals surface area contributed by atoms with E-state index in [9.17, 15) is 32.3 Å². The molecule has 16 nitrogen and oxygen atoms in total. The van der Waals surface area contributed by atoms with Crippen LogP contribution in [-0.4, -0.2) is 103 Å². The zero-order valence-electron chi connectivity index (χ0n) is 30.3. The van der Waals surface area contributed by atoms with E-state index in [4.69, 9.17) is 0 Å². The van der Waals surface area contributed by atoms with Gasteiger partial charge in [0, 0.05) is 42.2 Å². The van der Waals surface area contributed by atoms with Gasteiger partial charge < -0.3 is 39.9 Å². The number of benzene rings is 1. The number of imidazole rings is 2. The van der Waals surface area contributed by atoms with Crippen LogP contribution >= 0.6 is 0 Å². The first-order valence-electron chi connectivity index (χ1n) is 17.2. The number of aromatic nitrogens is 6. The first kappa shape index (κ1) is 39.2. The number of alkyl carbamates (subject to hydrolysis) is 2. The third kappa shape index (κ3) is 8.95. The average Bonchev–Trinajstić information content (AvgIpc) is 3.94. The molecule has 1 saturated heterocycles. The van der Waals surface area contributed by atoms with E-state index in [0.717, 1.165) is 13.5 Å². The van der Waals surface area contributed by atoms with Crippen molar-refractivity contribution in [3.8, 4) is 33.9 Å². The first-order valence-corrected chi connectivity index (χ1v) is 17.2. The predicted molar refractivity (Wildman–Crippen MR) is 187 cm³/mol. The van der Waals surface area contributed by atoms with Crippen LogP contribution in [0.3, 0.4) is 0 Å². The van der Waals surface area contributed by atoms with Gasteiger partial charge in [0.15, 0.2) is 11.5 Å². The molecule has 0 spiro atoms. The number of likely N-dealkylation sites (tertiary alicyclic amines) is 1. The molecule has 3 atom stereocenters. The van der Waals surface area contributed by atoms with Gasteiger partial charge in [0.05, 0.1) is 44.4 Å². The van der Waals surface area contributed by atoms with Crippen molar-refractivity contribution in [3.05, 3.63) is 60.2 Å². The Labute approximate surface area is 308 Å². The summed E-state index contributed by atoms with van der Waals surface area (Å²) in [6, 6.07) is 4.10. The molecule has 5 rings (SSSR count). The van der Waals surface area contributed by atoms with E-state index in [1.165, 1.54) is 31.1 Å². The number of methoxy groups -OCH3 is 2. The number of hydrogen-bond acceptors (Lipinski definition) is 10. The van der Waals surface area contributed by atoms with E-state index in [-0.39, 0.29) is 42.1 Å². The lowest BCUT2D eigenvalue weighted by molar-refractivity contribution is -0.140. The number of halogens is 3. The number of ether oxygens (including phenoxy) is 2. The fraction of sp³-hybridized carbons (Fsp3) is 0.429. The SMILES string of the molecule is CCCN(Cc1nc(C(F)(F)F)c(-c2ccc(-c3ncc(-c4cnc([C@@H]5CCCN5C(=O)[C@H](C)NC(=O)OC)[nH]4)cn3)cc2)[nH]1)C(=O)[C@H](C)NC(=O)OC. The van der Waals surface area contributed by atoms with Crippen molar-refractivity contribution >= 4 is 24.0 Å². The van der Waals surface area contributed by atoms with Gasteiger partial charge >= 0.3 is 18.4 Å². The minimum Gasteiger partial charge on any atom is -0.453 e. The normalized spacial score (nSPS) is 15.3. The second kappa shape index (κ2) is 16.8. The molecule has 3 aromatic heterocycles. The number of alkyl halides is 3. The number of carbonyl (C=O) groups excluding carboxylic acids is 4. The van der Waals surface area contributed by atoms with Crippen LogP contribution in [0.1, 0.15) is 63.4 Å². The molecule has 1 aliphatic rings.